The lowest BCUT2D eigenvalue weighted by Crippen LogP contribution is -2.40. The maximum atomic E-state index is 14.0. The van der Waals surface area contributed by atoms with E-state index in [1.807, 2.05) is 0 Å². The number of ether oxygens (including phenoxy) is 2. The van der Waals surface area contributed by atoms with Crippen LogP contribution in [-0.4, -0.2) is 13.1 Å². The van der Waals surface area contributed by atoms with Gasteiger partial charge in [0.05, 0.1) is 13.0 Å². The van der Waals surface area contributed by atoms with E-state index in [0.717, 1.165) is 37.0 Å². The molecule has 4 heteroatoms. The van der Waals surface area contributed by atoms with E-state index in [2.05, 4.69) is 19.1 Å². The Kier molecular flexibility index (Phi) is 7.35. The van der Waals surface area contributed by atoms with Crippen LogP contribution in [0.1, 0.15) is 71.1 Å². The average molecular weight is 429 g/mol. The third kappa shape index (κ3) is 5.15. The topological polar surface area (TPSA) is 35.5 Å². The molecule has 3 saturated carbocycles. The van der Waals surface area contributed by atoms with E-state index < -0.39 is 5.82 Å². The van der Waals surface area contributed by atoms with Gasteiger partial charge in [0, 0.05) is 6.07 Å². The molecule has 0 aliphatic heterocycles. The fourth-order valence-corrected chi connectivity index (χ4v) is 6.70. The molecule has 3 fully saturated rings. The normalized spacial score (nSPS) is 33.6. The Morgan fingerprint density at radius 3 is 2.48 bits per heavy atom. The number of hydrogen-bond acceptors (Lipinski definition) is 3. The molecular formula is C27H37FO3. The molecule has 0 radical (unpaired) electrons. The van der Waals surface area contributed by atoms with Crippen LogP contribution in [0.25, 0.3) is 0 Å². The minimum absolute atomic E-state index is 0.0460. The van der Waals surface area contributed by atoms with Gasteiger partial charge in [0.15, 0.2) is 11.6 Å². The standard InChI is InChI=1S/C27H37FO3/c1-3-5-18-8-10-19(11-9-18)20-12-14-23-21(16-20)6-4-7-24(23)27(29)31-22-13-15-26(30-2)25(28)17-22/h3,5,13,15,17-21,23-24H,4,6-12,14,16H2,1-2H3/b5-3+. The van der Waals surface area contributed by atoms with Crippen molar-refractivity contribution >= 4 is 5.97 Å². The van der Waals surface area contributed by atoms with E-state index in [-0.39, 0.29) is 23.4 Å². The summed E-state index contributed by atoms with van der Waals surface area (Å²) in [5.41, 5.74) is 0. The van der Waals surface area contributed by atoms with Crippen molar-refractivity contribution in [2.24, 2.45) is 35.5 Å². The van der Waals surface area contributed by atoms with Gasteiger partial charge in [-0.1, -0.05) is 25.0 Å². The summed E-state index contributed by atoms with van der Waals surface area (Å²) in [4.78, 5) is 13.0. The Hall–Kier alpha value is -1.84. The molecule has 0 spiro atoms. The Morgan fingerprint density at radius 1 is 1.00 bits per heavy atom. The van der Waals surface area contributed by atoms with Crippen LogP contribution in [0.2, 0.25) is 0 Å². The van der Waals surface area contributed by atoms with Crippen LogP contribution in [0.4, 0.5) is 4.39 Å². The van der Waals surface area contributed by atoms with E-state index in [9.17, 15) is 9.18 Å². The zero-order valence-electron chi connectivity index (χ0n) is 19.0. The smallest absolute Gasteiger partial charge is 0.314 e. The quantitative estimate of drug-likeness (QED) is 0.289. The molecule has 0 amide bonds. The van der Waals surface area contributed by atoms with Gasteiger partial charge in [-0.15, -0.1) is 0 Å². The average Bonchev–Trinajstić information content (AvgIpc) is 2.79. The molecular weight excluding hydrogens is 391 g/mol. The summed E-state index contributed by atoms with van der Waals surface area (Å²) in [6.07, 6.45) is 16.9. The fraction of sp³-hybridized carbons (Fsp3) is 0.667. The van der Waals surface area contributed by atoms with Crippen molar-refractivity contribution in [3.05, 3.63) is 36.2 Å². The minimum atomic E-state index is -0.501. The van der Waals surface area contributed by atoms with Crippen LogP contribution >= 0.6 is 0 Å². The minimum Gasteiger partial charge on any atom is -0.494 e. The van der Waals surface area contributed by atoms with Crippen LogP contribution in [0.15, 0.2) is 30.4 Å². The number of rotatable bonds is 5. The van der Waals surface area contributed by atoms with Gasteiger partial charge in [-0.3, -0.25) is 4.79 Å². The van der Waals surface area contributed by atoms with Crippen LogP contribution in [0.5, 0.6) is 11.5 Å². The number of hydrogen-bond donors (Lipinski definition) is 0. The highest BCUT2D eigenvalue weighted by atomic mass is 19.1. The number of benzene rings is 1. The third-order valence-corrected chi connectivity index (χ3v) is 8.28. The fourth-order valence-electron chi connectivity index (χ4n) is 6.70. The lowest BCUT2D eigenvalue weighted by atomic mass is 9.59. The maximum Gasteiger partial charge on any atom is 0.314 e. The molecule has 4 rings (SSSR count). The van der Waals surface area contributed by atoms with Gasteiger partial charge in [-0.2, -0.15) is 0 Å². The molecule has 0 N–H and O–H groups in total. The summed E-state index contributed by atoms with van der Waals surface area (Å²) in [7, 11) is 1.43. The van der Waals surface area contributed by atoms with E-state index in [4.69, 9.17) is 9.47 Å². The summed E-state index contributed by atoms with van der Waals surface area (Å²) in [6.45, 7) is 2.13. The van der Waals surface area contributed by atoms with Crippen molar-refractivity contribution in [3.8, 4) is 11.5 Å². The SMILES string of the molecule is C/C=C/C1CCC(C2CCC3C(CCCC3C(=O)Oc3ccc(OC)c(F)c3)C2)CC1. The van der Waals surface area contributed by atoms with Crippen molar-refractivity contribution in [3.63, 3.8) is 0 Å². The number of halogens is 1. The second kappa shape index (κ2) is 10.2. The molecule has 1 aromatic rings. The van der Waals surface area contributed by atoms with Crippen molar-refractivity contribution in [2.75, 3.05) is 7.11 Å². The summed E-state index contributed by atoms with van der Waals surface area (Å²) in [5.74, 6) is 3.28. The number of allylic oxidation sites excluding steroid dienone is 2. The molecule has 0 saturated heterocycles. The monoisotopic (exact) mass is 428 g/mol. The number of esters is 1. The lowest BCUT2D eigenvalue weighted by Gasteiger charge is -2.45. The molecule has 0 heterocycles. The van der Waals surface area contributed by atoms with Crippen molar-refractivity contribution < 1.29 is 18.7 Å². The van der Waals surface area contributed by atoms with Crippen molar-refractivity contribution in [1.29, 1.82) is 0 Å². The molecule has 4 unspecified atom stereocenters. The van der Waals surface area contributed by atoms with Crippen molar-refractivity contribution in [1.82, 2.24) is 0 Å². The Bertz CT molecular complexity index is 781. The van der Waals surface area contributed by atoms with Gasteiger partial charge in [-0.05, 0) is 100 Å². The largest absolute Gasteiger partial charge is 0.494 e. The highest BCUT2D eigenvalue weighted by Gasteiger charge is 2.43. The van der Waals surface area contributed by atoms with Gasteiger partial charge >= 0.3 is 5.97 Å². The number of methoxy groups -OCH3 is 1. The predicted molar refractivity (Wildman–Crippen MR) is 121 cm³/mol. The first-order chi connectivity index (χ1) is 15.1. The zero-order valence-corrected chi connectivity index (χ0v) is 19.0. The molecule has 31 heavy (non-hydrogen) atoms. The van der Waals surface area contributed by atoms with Gasteiger partial charge in [0.25, 0.3) is 0 Å². The first kappa shape index (κ1) is 22.4. The Morgan fingerprint density at radius 2 is 1.77 bits per heavy atom. The van der Waals surface area contributed by atoms with Crippen molar-refractivity contribution in [2.45, 2.75) is 71.1 Å². The van der Waals surface area contributed by atoms with Crippen LogP contribution < -0.4 is 9.47 Å². The molecule has 0 bridgehead atoms. The molecule has 3 aliphatic rings. The summed E-state index contributed by atoms with van der Waals surface area (Å²) in [6, 6.07) is 4.37. The highest BCUT2D eigenvalue weighted by molar-refractivity contribution is 5.75. The van der Waals surface area contributed by atoms with Crippen LogP contribution in [-0.2, 0) is 4.79 Å². The Balaban J connectivity index is 1.34. The highest BCUT2D eigenvalue weighted by Crippen LogP contribution is 2.50. The number of carbonyl (C=O) groups is 1. The number of carbonyl (C=O) groups excluding carboxylic acids is 1. The summed E-state index contributed by atoms with van der Waals surface area (Å²) >= 11 is 0. The lowest BCUT2D eigenvalue weighted by molar-refractivity contribution is -0.144. The van der Waals surface area contributed by atoms with Gasteiger partial charge in [-0.25, -0.2) is 4.39 Å². The molecule has 3 nitrogen and oxygen atoms in total. The third-order valence-electron chi connectivity index (χ3n) is 8.28. The maximum absolute atomic E-state index is 14.0. The Labute approximate surface area is 186 Å². The first-order valence-corrected chi connectivity index (χ1v) is 12.3. The first-order valence-electron chi connectivity index (χ1n) is 12.3. The summed E-state index contributed by atoms with van der Waals surface area (Å²) < 4.78 is 24.5. The van der Waals surface area contributed by atoms with Gasteiger partial charge < -0.3 is 9.47 Å². The number of fused-ring (bicyclic) bond motifs is 1. The van der Waals surface area contributed by atoms with Gasteiger partial charge in [0.1, 0.15) is 5.75 Å². The second-order valence-corrected chi connectivity index (χ2v) is 9.95. The van der Waals surface area contributed by atoms with E-state index in [0.29, 0.717) is 11.8 Å². The van der Waals surface area contributed by atoms with Crippen LogP contribution in [0, 0.1) is 41.3 Å². The van der Waals surface area contributed by atoms with E-state index >= 15 is 0 Å². The molecule has 3 aliphatic carbocycles. The van der Waals surface area contributed by atoms with Crippen LogP contribution in [0.3, 0.4) is 0 Å². The van der Waals surface area contributed by atoms with E-state index in [1.54, 1.807) is 6.07 Å². The van der Waals surface area contributed by atoms with Gasteiger partial charge in [0.2, 0.25) is 0 Å². The zero-order chi connectivity index (χ0) is 21.8. The summed E-state index contributed by atoms with van der Waals surface area (Å²) in [5, 5.41) is 0. The molecule has 1 aromatic carbocycles. The molecule has 170 valence electrons. The molecule has 0 aromatic heterocycles. The predicted octanol–water partition coefficient (Wildman–Crippen LogP) is 6.95. The molecule has 4 atom stereocenters. The second-order valence-electron chi connectivity index (χ2n) is 9.95. The van der Waals surface area contributed by atoms with E-state index in [1.165, 1.54) is 64.2 Å².